The largest absolute Gasteiger partial charge is 0.327 e. The zero-order chi connectivity index (χ0) is 10.1. The van der Waals surface area contributed by atoms with Crippen LogP contribution in [0.2, 0.25) is 5.02 Å². The highest BCUT2D eigenvalue weighted by Gasteiger charge is 2.05. The third kappa shape index (κ3) is 1.28. The van der Waals surface area contributed by atoms with E-state index in [1.54, 1.807) is 18.2 Å². The number of benzene rings is 1. The Hall–Kier alpha value is -1.73. The number of halogens is 1. The number of H-pyrrole nitrogens is 1. The Morgan fingerprint density at radius 3 is 3.07 bits per heavy atom. The second-order valence-corrected chi connectivity index (χ2v) is 3.27. The fourth-order valence-electron chi connectivity index (χ4n) is 1.36. The Labute approximate surface area is 84.3 Å². The third-order valence-electron chi connectivity index (χ3n) is 1.96. The van der Waals surface area contributed by atoms with Crippen LogP contribution in [-0.2, 0) is 6.54 Å². The molecule has 0 bridgehead atoms. The lowest BCUT2D eigenvalue weighted by atomic mass is 10.3. The molecule has 0 aliphatic carbocycles. The Kier molecular flexibility index (Phi) is 2.02. The molecule has 0 radical (unpaired) electrons. The average Bonchev–Trinajstić information content (AvgIpc) is 2.43. The van der Waals surface area contributed by atoms with E-state index >= 15 is 0 Å². The van der Waals surface area contributed by atoms with Gasteiger partial charge < -0.3 is 4.98 Å². The predicted molar refractivity (Wildman–Crippen MR) is 53.2 cm³/mol. The number of aromatic amines is 1. The minimum Gasteiger partial charge on any atom is -0.305 e. The van der Waals surface area contributed by atoms with E-state index in [0.29, 0.717) is 16.1 Å². The van der Waals surface area contributed by atoms with Gasteiger partial charge in [0.05, 0.1) is 17.1 Å². The van der Waals surface area contributed by atoms with Gasteiger partial charge in [-0.1, -0.05) is 11.6 Å². The van der Waals surface area contributed by atoms with Crippen LogP contribution >= 0.6 is 11.6 Å². The van der Waals surface area contributed by atoms with Gasteiger partial charge in [0, 0.05) is 5.02 Å². The number of aromatic nitrogens is 2. The van der Waals surface area contributed by atoms with Gasteiger partial charge in [0.25, 0.3) is 0 Å². The van der Waals surface area contributed by atoms with E-state index in [1.807, 2.05) is 6.07 Å². The van der Waals surface area contributed by atoms with Crippen molar-refractivity contribution in [3.05, 3.63) is 33.7 Å². The maximum atomic E-state index is 11.4. The smallest absolute Gasteiger partial charge is 0.305 e. The Bertz CT molecular complexity index is 576. The summed E-state index contributed by atoms with van der Waals surface area (Å²) in [5, 5.41) is 9.09. The van der Waals surface area contributed by atoms with Crippen molar-refractivity contribution in [2.45, 2.75) is 6.54 Å². The number of hydrogen-bond donors (Lipinski definition) is 1. The first kappa shape index (κ1) is 8.85. The van der Waals surface area contributed by atoms with Crippen molar-refractivity contribution in [3.8, 4) is 6.07 Å². The number of imidazole rings is 1. The maximum Gasteiger partial charge on any atom is 0.327 e. The third-order valence-corrected chi connectivity index (χ3v) is 2.20. The van der Waals surface area contributed by atoms with E-state index in [-0.39, 0.29) is 12.2 Å². The first-order valence-electron chi connectivity index (χ1n) is 3.97. The van der Waals surface area contributed by atoms with Crippen molar-refractivity contribution >= 4 is 22.6 Å². The zero-order valence-corrected chi connectivity index (χ0v) is 7.88. The van der Waals surface area contributed by atoms with Crippen LogP contribution in [0.1, 0.15) is 0 Å². The number of nitriles is 1. The van der Waals surface area contributed by atoms with Crippen LogP contribution in [0.3, 0.4) is 0 Å². The lowest BCUT2D eigenvalue weighted by Gasteiger charge is -1.95. The van der Waals surface area contributed by atoms with Crippen molar-refractivity contribution in [2.24, 2.45) is 0 Å². The molecule has 1 heterocycles. The zero-order valence-electron chi connectivity index (χ0n) is 7.12. The molecule has 5 heteroatoms. The van der Waals surface area contributed by atoms with Gasteiger partial charge in [-0.15, -0.1) is 0 Å². The molecule has 0 fully saturated rings. The molecule has 0 aliphatic heterocycles. The summed E-state index contributed by atoms with van der Waals surface area (Å²) in [5.74, 6) is 0. The number of rotatable bonds is 1. The molecule has 2 rings (SSSR count). The van der Waals surface area contributed by atoms with Crippen molar-refractivity contribution in [1.82, 2.24) is 9.55 Å². The highest BCUT2D eigenvalue weighted by molar-refractivity contribution is 6.31. The highest BCUT2D eigenvalue weighted by atomic mass is 35.5. The first-order valence-corrected chi connectivity index (χ1v) is 4.35. The van der Waals surface area contributed by atoms with Crippen LogP contribution in [0.15, 0.2) is 23.0 Å². The highest BCUT2D eigenvalue weighted by Crippen LogP contribution is 2.15. The summed E-state index contributed by atoms with van der Waals surface area (Å²) in [5.41, 5.74) is 1.06. The van der Waals surface area contributed by atoms with Gasteiger partial charge >= 0.3 is 5.69 Å². The van der Waals surface area contributed by atoms with Crippen LogP contribution in [-0.4, -0.2) is 9.55 Å². The summed E-state index contributed by atoms with van der Waals surface area (Å²) < 4.78 is 1.37. The van der Waals surface area contributed by atoms with Crippen LogP contribution in [0.4, 0.5) is 0 Å². The van der Waals surface area contributed by atoms with Crippen molar-refractivity contribution in [1.29, 1.82) is 5.26 Å². The van der Waals surface area contributed by atoms with Gasteiger partial charge in [-0.3, -0.25) is 4.57 Å². The molecule has 4 nitrogen and oxygen atoms in total. The van der Waals surface area contributed by atoms with Gasteiger partial charge in [0.1, 0.15) is 6.54 Å². The summed E-state index contributed by atoms with van der Waals surface area (Å²) in [6.07, 6.45) is 0. The molecular formula is C9H6ClN3O. The predicted octanol–water partition coefficient (Wildman–Crippen LogP) is 1.51. The molecule has 0 amide bonds. The monoisotopic (exact) mass is 207 g/mol. The average molecular weight is 208 g/mol. The van der Waals surface area contributed by atoms with Crippen molar-refractivity contribution < 1.29 is 0 Å². The molecule has 0 saturated carbocycles. The number of nitrogens with one attached hydrogen (secondary N) is 1. The standard InChI is InChI=1S/C9H6ClN3O/c10-6-1-2-8-7(5-6)12-9(14)13(8)4-3-11/h1-2,5H,4H2,(H,12,14). The van der Waals surface area contributed by atoms with E-state index in [4.69, 9.17) is 16.9 Å². The van der Waals surface area contributed by atoms with E-state index in [1.165, 1.54) is 4.57 Å². The Morgan fingerprint density at radius 1 is 1.57 bits per heavy atom. The van der Waals surface area contributed by atoms with Crippen LogP contribution in [0.25, 0.3) is 11.0 Å². The van der Waals surface area contributed by atoms with Crippen LogP contribution in [0, 0.1) is 11.3 Å². The van der Waals surface area contributed by atoms with E-state index in [0.717, 1.165) is 0 Å². The van der Waals surface area contributed by atoms with Gasteiger partial charge in [-0.2, -0.15) is 5.26 Å². The summed E-state index contributed by atoms with van der Waals surface area (Å²) in [7, 11) is 0. The van der Waals surface area contributed by atoms with Crippen molar-refractivity contribution in [2.75, 3.05) is 0 Å². The van der Waals surface area contributed by atoms with Gasteiger partial charge in [0.15, 0.2) is 0 Å². The molecule has 14 heavy (non-hydrogen) atoms. The Balaban J connectivity index is 2.79. The van der Waals surface area contributed by atoms with Gasteiger partial charge in [-0.25, -0.2) is 4.79 Å². The lowest BCUT2D eigenvalue weighted by molar-refractivity contribution is 0.817. The topological polar surface area (TPSA) is 61.6 Å². The first-order chi connectivity index (χ1) is 6.72. The van der Waals surface area contributed by atoms with E-state index in [9.17, 15) is 4.79 Å². The molecule has 0 aliphatic rings. The molecule has 0 atom stereocenters. The SMILES string of the molecule is N#CCn1c(=O)[nH]c2cc(Cl)ccc21. The molecule has 70 valence electrons. The van der Waals surface area contributed by atoms with E-state index < -0.39 is 0 Å². The molecule has 1 N–H and O–H groups in total. The van der Waals surface area contributed by atoms with Crippen molar-refractivity contribution in [3.63, 3.8) is 0 Å². The fraction of sp³-hybridized carbons (Fsp3) is 0.111. The molecule has 0 unspecified atom stereocenters. The molecule has 1 aromatic heterocycles. The van der Waals surface area contributed by atoms with Crippen LogP contribution in [0.5, 0.6) is 0 Å². The minimum atomic E-state index is -0.288. The second-order valence-electron chi connectivity index (χ2n) is 2.84. The molecule has 2 aromatic rings. The summed E-state index contributed by atoms with van der Waals surface area (Å²) in [6.45, 7) is 0.0421. The quantitative estimate of drug-likeness (QED) is 0.771. The molecule has 0 spiro atoms. The Morgan fingerprint density at radius 2 is 2.36 bits per heavy atom. The molecular weight excluding hydrogens is 202 g/mol. The summed E-state index contributed by atoms with van der Waals surface area (Å²) in [4.78, 5) is 14.0. The fourth-order valence-corrected chi connectivity index (χ4v) is 1.54. The number of hydrogen-bond acceptors (Lipinski definition) is 2. The van der Waals surface area contributed by atoms with E-state index in [2.05, 4.69) is 4.98 Å². The van der Waals surface area contributed by atoms with Gasteiger partial charge in [0.2, 0.25) is 0 Å². The molecule has 0 saturated heterocycles. The number of fused-ring (bicyclic) bond motifs is 1. The normalized spacial score (nSPS) is 10.3. The number of nitrogens with zero attached hydrogens (tertiary/aromatic N) is 2. The maximum absolute atomic E-state index is 11.4. The van der Waals surface area contributed by atoms with Gasteiger partial charge in [-0.05, 0) is 18.2 Å². The summed E-state index contributed by atoms with van der Waals surface area (Å²) in [6, 6.07) is 6.99. The minimum absolute atomic E-state index is 0.0421. The molecule has 1 aromatic carbocycles. The summed E-state index contributed by atoms with van der Waals surface area (Å²) >= 11 is 5.76. The lowest BCUT2D eigenvalue weighted by Crippen LogP contribution is -2.15. The van der Waals surface area contributed by atoms with Crippen LogP contribution < -0.4 is 5.69 Å². The second kappa shape index (κ2) is 3.20.